The topological polar surface area (TPSA) is 53.8 Å². The molecule has 1 amide bonds. The molecule has 0 spiro atoms. The van der Waals surface area contributed by atoms with E-state index in [9.17, 15) is 9.59 Å². The SMILES string of the molecule is CCN(CC)CCCN1C(=O)c2oc3ccccc3c(=O)c2C1c1cccc(Cl)c1. The molecule has 5 nitrogen and oxygen atoms in total. The van der Waals surface area contributed by atoms with Crippen LogP contribution < -0.4 is 5.43 Å². The number of fused-ring (bicyclic) bond motifs is 2. The number of halogens is 1. The molecule has 156 valence electrons. The van der Waals surface area contributed by atoms with Crippen molar-refractivity contribution in [2.45, 2.75) is 26.3 Å². The van der Waals surface area contributed by atoms with Crippen LogP contribution >= 0.6 is 11.6 Å². The van der Waals surface area contributed by atoms with Gasteiger partial charge < -0.3 is 14.2 Å². The predicted octanol–water partition coefficient (Wildman–Crippen LogP) is 4.72. The molecule has 1 aromatic heterocycles. The van der Waals surface area contributed by atoms with Crippen molar-refractivity contribution in [2.75, 3.05) is 26.2 Å². The van der Waals surface area contributed by atoms with Crippen molar-refractivity contribution in [1.29, 1.82) is 0 Å². The van der Waals surface area contributed by atoms with Crippen LogP contribution in [0.15, 0.2) is 57.7 Å². The van der Waals surface area contributed by atoms with E-state index in [4.69, 9.17) is 16.0 Å². The minimum Gasteiger partial charge on any atom is -0.450 e. The Bertz CT molecular complexity index is 1140. The minimum atomic E-state index is -0.497. The van der Waals surface area contributed by atoms with Crippen molar-refractivity contribution in [2.24, 2.45) is 0 Å². The molecule has 0 N–H and O–H groups in total. The van der Waals surface area contributed by atoms with E-state index in [-0.39, 0.29) is 17.1 Å². The number of hydrogen-bond acceptors (Lipinski definition) is 4. The maximum Gasteiger partial charge on any atom is 0.290 e. The number of carbonyl (C=O) groups is 1. The van der Waals surface area contributed by atoms with Gasteiger partial charge in [-0.2, -0.15) is 0 Å². The van der Waals surface area contributed by atoms with Gasteiger partial charge in [0.25, 0.3) is 5.91 Å². The van der Waals surface area contributed by atoms with Crippen molar-refractivity contribution in [3.63, 3.8) is 0 Å². The van der Waals surface area contributed by atoms with Crippen molar-refractivity contribution >= 4 is 28.5 Å². The lowest BCUT2D eigenvalue weighted by Crippen LogP contribution is -2.33. The number of para-hydroxylation sites is 1. The zero-order valence-corrected chi connectivity index (χ0v) is 18.0. The molecule has 0 radical (unpaired) electrons. The third-order valence-electron chi connectivity index (χ3n) is 5.81. The monoisotopic (exact) mass is 424 g/mol. The van der Waals surface area contributed by atoms with Crippen LogP contribution in [0.3, 0.4) is 0 Å². The van der Waals surface area contributed by atoms with Gasteiger partial charge in [-0.25, -0.2) is 0 Å². The van der Waals surface area contributed by atoms with Crippen LogP contribution in [0.4, 0.5) is 0 Å². The molecule has 0 saturated carbocycles. The summed E-state index contributed by atoms with van der Waals surface area (Å²) in [6.07, 6.45) is 0.812. The molecule has 4 rings (SSSR count). The van der Waals surface area contributed by atoms with Crippen LogP contribution in [-0.2, 0) is 0 Å². The van der Waals surface area contributed by atoms with E-state index < -0.39 is 6.04 Å². The average Bonchev–Trinajstić information content (AvgIpc) is 3.03. The zero-order chi connectivity index (χ0) is 21.3. The number of nitrogens with zero attached hydrogens (tertiary/aromatic N) is 2. The quantitative estimate of drug-likeness (QED) is 0.550. The molecule has 2 aromatic carbocycles. The first-order valence-corrected chi connectivity index (χ1v) is 10.8. The summed E-state index contributed by atoms with van der Waals surface area (Å²) in [5.41, 5.74) is 1.50. The van der Waals surface area contributed by atoms with Crippen LogP contribution in [0.2, 0.25) is 5.02 Å². The highest BCUT2D eigenvalue weighted by molar-refractivity contribution is 6.30. The van der Waals surface area contributed by atoms with Crippen LogP contribution in [0.25, 0.3) is 11.0 Å². The molecule has 2 heterocycles. The molecule has 6 heteroatoms. The van der Waals surface area contributed by atoms with Gasteiger partial charge >= 0.3 is 0 Å². The van der Waals surface area contributed by atoms with Gasteiger partial charge in [0, 0.05) is 11.6 Å². The van der Waals surface area contributed by atoms with Gasteiger partial charge in [0.15, 0.2) is 5.43 Å². The molecular formula is C24H25ClN2O3. The molecule has 3 aromatic rings. The maximum absolute atomic E-state index is 13.4. The first-order valence-electron chi connectivity index (χ1n) is 10.4. The standard InChI is InChI=1S/C24H25ClN2O3/c1-3-26(4-2)13-8-14-27-21(16-9-7-10-17(25)15-16)20-22(28)18-11-5-6-12-19(18)30-23(20)24(27)29/h5-7,9-12,15,21H,3-4,8,13-14H2,1-2H3. The summed E-state index contributed by atoms with van der Waals surface area (Å²) < 4.78 is 5.94. The molecule has 1 unspecified atom stereocenters. The summed E-state index contributed by atoms with van der Waals surface area (Å²) >= 11 is 6.24. The summed E-state index contributed by atoms with van der Waals surface area (Å²) in [6.45, 7) is 7.61. The number of rotatable bonds is 7. The lowest BCUT2D eigenvalue weighted by Gasteiger charge is -2.26. The second kappa shape index (κ2) is 8.62. The Morgan fingerprint density at radius 2 is 1.83 bits per heavy atom. The van der Waals surface area contributed by atoms with Gasteiger partial charge in [-0.3, -0.25) is 9.59 Å². The van der Waals surface area contributed by atoms with Crippen LogP contribution in [0, 0.1) is 0 Å². The summed E-state index contributed by atoms with van der Waals surface area (Å²) in [5.74, 6) is -0.0936. The lowest BCUT2D eigenvalue weighted by atomic mass is 9.98. The number of carbonyl (C=O) groups excluding carboxylic acids is 1. The molecule has 1 atom stereocenters. The first kappa shape index (κ1) is 20.6. The Kier molecular flexibility index (Phi) is 5.93. The number of amides is 1. The summed E-state index contributed by atoms with van der Waals surface area (Å²) in [7, 11) is 0. The van der Waals surface area contributed by atoms with Gasteiger partial charge in [-0.15, -0.1) is 0 Å². The van der Waals surface area contributed by atoms with Crippen molar-refractivity contribution in [1.82, 2.24) is 9.80 Å². The van der Waals surface area contributed by atoms with Crippen molar-refractivity contribution in [3.05, 3.63) is 80.7 Å². The zero-order valence-electron chi connectivity index (χ0n) is 17.2. The Hall–Kier alpha value is -2.63. The Labute approximate surface area is 180 Å². The first-order chi connectivity index (χ1) is 14.5. The third kappa shape index (κ3) is 3.64. The van der Waals surface area contributed by atoms with Gasteiger partial charge in [-0.05, 0) is 55.9 Å². The van der Waals surface area contributed by atoms with E-state index in [0.29, 0.717) is 28.1 Å². The van der Waals surface area contributed by atoms with Crippen LogP contribution in [0.5, 0.6) is 0 Å². The van der Waals surface area contributed by atoms with Gasteiger partial charge in [0.05, 0.1) is 17.0 Å². The lowest BCUT2D eigenvalue weighted by molar-refractivity contribution is 0.0720. The smallest absolute Gasteiger partial charge is 0.290 e. The fourth-order valence-corrected chi connectivity index (χ4v) is 4.42. The molecule has 30 heavy (non-hydrogen) atoms. The van der Waals surface area contributed by atoms with Gasteiger partial charge in [0.1, 0.15) is 5.58 Å². The highest BCUT2D eigenvalue weighted by Gasteiger charge is 2.42. The fraction of sp³-hybridized carbons (Fsp3) is 0.333. The average molecular weight is 425 g/mol. The van der Waals surface area contributed by atoms with Gasteiger partial charge in [0.2, 0.25) is 5.76 Å². The summed E-state index contributed by atoms with van der Waals surface area (Å²) in [6, 6.07) is 13.9. The van der Waals surface area contributed by atoms with Crippen molar-refractivity contribution < 1.29 is 9.21 Å². The van der Waals surface area contributed by atoms with E-state index in [1.807, 2.05) is 18.2 Å². The molecule has 0 aliphatic carbocycles. The highest BCUT2D eigenvalue weighted by Crippen LogP contribution is 2.38. The van der Waals surface area contributed by atoms with Crippen LogP contribution in [-0.4, -0.2) is 41.9 Å². The molecule has 1 aliphatic rings. The maximum atomic E-state index is 13.4. The molecule has 0 bridgehead atoms. The summed E-state index contributed by atoms with van der Waals surface area (Å²) in [4.78, 5) is 30.8. The Morgan fingerprint density at radius 3 is 2.57 bits per heavy atom. The van der Waals surface area contributed by atoms with E-state index in [0.717, 1.165) is 31.6 Å². The third-order valence-corrected chi connectivity index (χ3v) is 6.04. The fourth-order valence-electron chi connectivity index (χ4n) is 4.23. The second-order valence-electron chi connectivity index (χ2n) is 7.51. The highest BCUT2D eigenvalue weighted by atomic mass is 35.5. The van der Waals surface area contributed by atoms with Crippen molar-refractivity contribution in [3.8, 4) is 0 Å². The van der Waals surface area contributed by atoms with Crippen LogP contribution in [0.1, 0.15) is 48.0 Å². The van der Waals surface area contributed by atoms with Gasteiger partial charge in [-0.1, -0.05) is 49.7 Å². The second-order valence-corrected chi connectivity index (χ2v) is 7.94. The van der Waals surface area contributed by atoms with E-state index in [1.54, 1.807) is 35.2 Å². The molecule has 0 fully saturated rings. The normalized spacial score (nSPS) is 15.9. The molecule has 1 aliphatic heterocycles. The predicted molar refractivity (Wildman–Crippen MR) is 119 cm³/mol. The minimum absolute atomic E-state index is 0.145. The molecular weight excluding hydrogens is 400 g/mol. The number of hydrogen-bond donors (Lipinski definition) is 0. The Balaban J connectivity index is 1.79. The van der Waals surface area contributed by atoms with E-state index >= 15 is 0 Å². The molecule has 0 saturated heterocycles. The van der Waals surface area contributed by atoms with E-state index in [1.165, 1.54) is 0 Å². The Morgan fingerprint density at radius 1 is 1.07 bits per heavy atom. The number of benzene rings is 2. The van der Waals surface area contributed by atoms with E-state index in [2.05, 4.69) is 18.7 Å². The summed E-state index contributed by atoms with van der Waals surface area (Å²) in [5, 5.41) is 1.06. The largest absolute Gasteiger partial charge is 0.450 e.